The van der Waals surface area contributed by atoms with Crippen LogP contribution in [-0.2, 0) is 11.3 Å². The van der Waals surface area contributed by atoms with Crippen LogP contribution < -0.4 is 15.9 Å². The molecule has 120 valence electrons. The molecule has 23 heavy (non-hydrogen) atoms. The summed E-state index contributed by atoms with van der Waals surface area (Å²) >= 11 is 0. The van der Waals surface area contributed by atoms with Crippen molar-refractivity contribution in [2.45, 2.75) is 39.3 Å². The van der Waals surface area contributed by atoms with Crippen molar-refractivity contribution in [3.63, 3.8) is 0 Å². The van der Waals surface area contributed by atoms with E-state index in [-0.39, 0.29) is 12.0 Å². The van der Waals surface area contributed by atoms with Crippen LogP contribution in [0.25, 0.3) is 0 Å². The Morgan fingerprint density at radius 2 is 1.83 bits per heavy atom. The maximum absolute atomic E-state index is 10.1. The predicted molar refractivity (Wildman–Crippen MR) is 92.0 cm³/mol. The van der Waals surface area contributed by atoms with Crippen molar-refractivity contribution < 1.29 is 14.4 Å². The first-order chi connectivity index (χ1) is 11.0. The van der Waals surface area contributed by atoms with Crippen LogP contribution in [0.1, 0.15) is 49.4 Å². The van der Waals surface area contributed by atoms with Crippen molar-refractivity contribution in [1.29, 1.82) is 0 Å². The third kappa shape index (κ3) is 3.13. The second kappa shape index (κ2) is 6.36. The number of nitrogens with two attached hydrogens (primary N) is 1. The Labute approximate surface area is 137 Å². The average Bonchev–Trinajstić information content (AvgIpc) is 2.89. The Morgan fingerprint density at radius 1 is 1.13 bits per heavy atom. The number of rotatable bonds is 4. The van der Waals surface area contributed by atoms with Gasteiger partial charge in [0.2, 0.25) is 0 Å². The van der Waals surface area contributed by atoms with Gasteiger partial charge in [-0.2, -0.15) is 0 Å². The highest BCUT2D eigenvalue weighted by atomic mass is 16.5. The summed E-state index contributed by atoms with van der Waals surface area (Å²) in [5, 5.41) is 10.1. The molecule has 1 atom stereocenters. The Morgan fingerprint density at radius 3 is 2.43 bits per heavy atom. The first kappa shape index (κ1) is 16.1. The molecule has 0 unspecified atom stereocenters. The van der Waals surface area contributed by atoms with Crippen LogP contribution in [-0.4, -0.2) is 12.1 Å². The quantitative estimate of drug-likeness (QED) is 0.852. The molecule has 1 aliphatic heterocycles. The zero-order valence-corrected chi connectivity index (χ0v) is 13.7. The molecule has 0 saturated heterocycles. The molecule has 3 rings (SSSR count). The fourth-order valence-electron chi connectivity index (χ4n) is 2.98. The van der Waals surface area contributed by atoms with Gasteiger partial charge in [0, 0.05) is 6.04 Å². The lowest BCUT2D eigenvalue weighted by Crippen LogP contribution is -2.32. The Kier molecular flexibility index (Phi) is 4.44. The number of ether oxygens (including phenoxy) is 1. The van der Waals surface area contributed by atoms with Crippen LogP contribution >= 0.6 is 0 Å². The van der Waals surface area contributed by atoms with Crippen LogP contribution in [0.5, 0.6) is 11.5 Å². The van der Waals surface area contributed by atoms with Crippen molar-refractivity contribution in [2.75, 3.05) is 0 Å². The monoisotopic (exact) mass is 311 g/mol. The van der Waals surface area contributed by atoms with E-state index in [2.05, 4.69) is 13.8 Å². The second-order valence-electron chi connectivity index (χ2n) is 6.33. The van der Waals surface area contributed by atoms with E-state index in [4.69, 9.17) is 15.1 Å². The second-order valence-corrected chi connectivity index (χ2v) is 6.33. The van der Waals surface area contributed by atoms with Crippen LogP contribution in [0.4, 0.5) is 0 Å². The standard InChI is InChI=1S/C18H22BNO3/c1-11(2)17-16(9-6-14-10-22-19(21)18(14)17)23-15-7-4-13(5-8-15)12(3)20/h4-9,11-12,21H,10,20H2,1-3H3/t12-/m1/s1. The van der Waals surface area contributed by atoms with E-state index in [0.717, 1.165) is 33.7 Å². The van der Waals surface area contributed by atoms with Crippen molar-refractivity contribution in [1.82, 2.24) is 0 Å². The van der Waals surface area contributed by atoms with Crippen molar-refractivity contribution in [3.05, 3.63) is 53.1 Å². The molecule has 3 N–H and O–H groups in total. The van der Waals surface area contributed by atoms with Gasteiger partial charge in [0.25, 0.3) is 0 Å². The van der Waals surface area contributed by atoms with E-state index >= 15 is 0 Å². The summed E-state index contributed by atoms with van der Waals surface area (Å²) in [5.74, 6) is 1.74. The summed E-state index contributed by atoms with van der Waals surface area (Å²) in [4.78, 5) is 0. The SMILES string of the molecule is CC(C)c1c(Oc2ccc([C@@H](C)N)cc2)ccc2c1B(O)OC2. The van der Waals surface area contributed by atoms with E-state index in [1.54, 1.807) is 0 Å². The van der Waals surface area contributed by atoms with Gasteiger partial charge in [-0.15, -0.1) is 0 Å². The van der Waals surface area contributed by atoms with Gasteiger partial charge in [0.1, 0.15) is 11.5 Å². The van der Waals surface area contributed by atoms with Crippen LogP contribution in [0.2, 0.25) is 0 Å². The number of benzene rings is 2. The van der Waals surface area contributed by atoms with E-state index < -0.39 is 7.12 Å². The maximum atomic E-state index is 10.1. The number of hydrogen-bond donors (Lipinski definition) is 2. The molecular weight excluding hydrogens is 289 g/mol. The molecule has 0 radical (unpaired) electrons. The molecule has 0 bridgehead atoms. The molecule has 1 heterocycles. The first-order valence-corrected chi connectivity index (χ1v) is 7.96. The minimum atomic E-state index is -0.869. The normalized spacial score (nSPS) is 15.0. The van der Waals surface area contributed by atoms with Gasteiger partial charge in [-0.1, -0.05) is 32.0 Å². The summed E-state index contributed by atoms with van der Waals surface area (Å²) in [7, 11) is -0.869. The zero-order valence-electron chi connectivity index (χ0n) is 13.7. The molecule has 0 amide bonds. The molecular formula is C18H22BNO3. The number of fused-ring (bicyclic) bond motifs is 1. The highest BCUT2D eigenvalue weighted by Crippen LogP contribution is 2.32. The zero-order chi connectivity index (χ0) is 16.6. The van der Waals surface area contributed by atoms with Gasteiger partial charge in [-0.3, -0.25) is 0 Å². The topological polar surface area (TPSA) is 64.7 Å². The fraction of sp³-hybridized carbons (Fsp3) is 0.333. The lowest BCUT2D eigenvalue weighted by Gasteiger charge is -2.18. The fourth-order valence-corrected chi connectivity index (χ4v) is 2.98. The Balaban J connectivity index is 1.95. The molecule has 2 aromatic carbocycles. The maximum Gasteiger partial charge on any atom is 0.492 e. The van der Waals surface area contributed by atoms with E-state index in [9.17, 15) is 5.02 Å². The molecule has 0 aromatic heterocycles. The van der Waals surface area contributed by atoms with Crippen LogP contribution in [0, 0.1) is 0 Å². The van der Waals surface area contributed by atoms with Gasteiger partial charge >= 0.3 is 7.12 Å². The molecule has 0 aliphatic carbocycles. The van der Waals surface area contributed by atoms with Gasteiger partial charge in [-0.05, 0) is 53.2 Å². The largest absolute Gasteiger partial charge is 0.492 e. The van der Waals surface area contributed by atoms with Crippen molar-refractivity contribution in [3.8, 4) is 11.5 Å². The molecule has 0 saturated carbocycles. The summed E-state index contributed by atoms with van der Waals surface area (Å²) in [6.07, 6.45) is 0. The minimum Gasteiger partial charge on any atom is -0.457 e. The third-order valence-electron chi connectivity index (χ3n) is 4.19. The average molecular weight is 311 g/mol. The summed E-state index contributed by atoms with van der Waals surface area (Å²) < 4.78 is 11.4. The van der Waals surface area contributed by atoms with Crippen LogP contribution in [0.3, 0.4) is 0 Å². The number of hydrogen-bond acceptors (Lipinski definition) is 4. The first-order valence-electron chi connectivity index (χ1n) is 7.96. The smallest absolute Gasteiger partial charge is 0.457 e. The highest BCUT2D eigenvalue weighted by molar-refractivity contribution is 6.62. The summed E-state index contributed by atoms with van der Waals surface area (Å²) in [6, 6.07) is 11.7. The molecule has 5 heteroatoms. The molecule has 2 aromatic rings. The Bertz CT molecular complexity index is 698. The minimum absolute atomic E-state index is 0.00238. The molecule has 1 aliphatic rings. The molecule has 4 nitrogen and oxygen atoms in total. The Hall–Kier alpha value is -1.82. The highest BCUT2D eigenvalue weighted by Gasteiger charge is 2.33. The van der Waals surface area contributed by atoms with Gasteiger partial charge < -0.3 is 20.1 Å². The molecule has 0 spiro atoms. The lowest BCUT2D eigenvalue weighted by molar-refractivity contribution is 0.275. The van der Waals surface area contributed by atoms with Crippen LogP contribution in [0.15, 0.2) is 36.4 Å². The molecule has 0 fully saturated rings. The van der Waals surface area contributed by atoms with E-state index in [1.807, 2.05) is 43.3 Å². The predicted octanol–water partition coefficient (Wildman–Crippen LogP) is 2.84. The van der Waals surface area contributed by atoms with Crippen molar-refractivity contribution in [2.24, 2.45) is 5.73 Å². The lowest BCUT2D eigenvalue weighted by atomic mass is 9.73. The van der Waals surface area contributed by atoms with E-state index in [1.165, 1.54) is 0 Å². The van der Waals surface area contributed by atoms with Gasteiger partial charge in [0.05, 0.1) is 6.61 Å². The van der Waals surface area contributed by atoms with Gasteiger partial charge in [0.15, 0.2) is 0 Å². The van der Waals surface area contributed by atoms with Gasteiger partial charge in [-0.25, -0.2) is 0 Å². The van der Waals surface area contributed by atoms with E-state index in [0.29, 0.717) is 6.61 Å². The third-order valence-corrected chi connectivity index (χ3v) is 4.19. The summed E-state index contributed by atoms with van der Waals surface area (Å²) in [6.45, 7) is 6.58. The summed E-state index contributed by atoms with van der Waals surface area (Å²) in [5.41, 5.74) is 9.83. The van der Waals surface area contributed by atoms with Crippen molar-refractivity contribution >= 4 is 12.6 Å².